The third kappa shape index (κ3) is 0.758. The van der Waals surface area contributed by atoms with Gasteiger partial charge in [-0.05, 0) is 43.4 Å². The van der Waals surface area contributed by atoms with E-state index < -0.39 is 0 Å². The second-order valence-corrected chi connectivity index (χ2v) is 4.53. The molecule has 2 bridgehead atoms. The highest BCUT2D eigenvalue weighted by Crippen LogP contribution is 2.60. The first kappa shape index (κ1) is 7.39. The maximum absolute atomic E-state index is 2.47. The summed E-state index contributed by atoms with van der Waals surface area (Å²) in [7, 11) is 0. The first-order valence-electron chi connectivity index (χ1n) is 4.85. The molecule has 3 aliphatic carbocycles. The van der Waals surface area contributed by atoms with E-state index in [0.29, 0.717) is 5.41 Å². The quantitative estimate of drug-likeness (QED) is 0.503. The molecule has 0 heterocycles. The highest BCUT2D eigenvalue weighted by atomic mass is 14.6. The molecule has 0 aliphatic heterocycles. The SMILES string of the molecule is CCC1(C)C2CC=C(C)C1C2. The first-order chi connectivity index (χ1) is 5.18. The van der Waals surface area contributed by atoms with Gasteiger partial charge in [-0.1, -0.05) is 25.5 Å². The second-order valence-electron chi connectivity index (χ2n) is 4.53. The molecule has 0 saturated heterocycles. The number of fused-ring (bicyclic) bond motifs is 1. The Labute approximate surface area is 69.7 Å². The van der Waals surface area contributed by atoms with Crippen molar-refractivity contribution < 1.29 is 0 Å². The Bertz CT molecular complexity index is 202. The molecule has 0 amide bonds. The standard InChI is InChI=1S/C11H18/c1-4-11(3)9-6-5-8(2)10(11)7-9/h5,9-10H,4,6-7H2,1-3H3. The van der Waals surface area contributed by atoms with Crippen molar-refractivity contribution in [2.45, 2.75) is 40.0 Å². The molecule has 0 heteroatoms. The number of rotatable bonds is 1. The lowest BCUT2D eigenvalue weighted by Gasteiger charge is -2.57. The van der Waals surface area contributed by atoms with Crippen LogP contribution in [0.25, 0.3) is 0 Å². The van der Waals surface area contributed by atoms with Crippen molar-refractivity contribution in [3.05, 3.63) is 11.6 Å². The van der Waals surface area contributed by atoms with E-state index in [1.54, 1.807) is 5.57 Å². The van der Waals surface area contributed by atoms with Gasteiger partial charge in [0.05, 0.1) is 0 Å². The minimum atomic E-state index is 0.679. The Hall–Kier alpha value is -0.260. The molecular formula is C11H18. The lowest BCUT2D eigenvalue weighted by molar-refractivity contribution is -0.0277. The van der Waals surface area contributed by atoms with E-state index >= 15 is 0 Å². The minimum Gasteiger partial charge on any atom is -0.0850 e. The molecule has 3 unspecified atom stereocenters. The molecule has 3 rings (SSSR count). The van der Waals surface area contributed by atoms with Crippen molar-refractivity contribution in [3.63, 3.8) is 0 Å². The van der Waals surface area contributed by atoms with Gasteiger partial charge in [-0.3, -0.25) is 0 Å². The zero-order valence-corrected chi connectivity index (χ0v) is 7.85. The molecule has 62 valence electrons. The minimum absolute atomic E-state index is 0.679. The summed E-state index contributed by atoms with van der Waals surface area (Å²) in [6, 6.07) is 0. The summed E-state index contributed by atoms with van der Waals surface area (Å²) in [5, 5.41) is 0. The van der Waals surface area contributed by atoms with Crippen molar-refractivity contribution in [2.24, 2.45) is 17.3 Å². The van der Waals surface area contributed by atoms with Gasteiger partial charge in [-0.2, -0.15) is 0 Å². The fourth-order valence-electron chi connectivity index (χ4n) is 3.02. The van der Waals surface area contributed by atoms with E-state index in [-0.39, 0.29) is 0 Å². The van der Waals surface area contributed by atoms with Crippen molar-refractivity contribution >= 4 is 0 Å². The molecule has 1 saturated carbocycles. The number of allylic oxidation sites excluding steroid dienone is 2. The van der Waals surface area contributed by atoms with E-state index in [1.165, 1.54) is 19.3 Å². The zero-order valence-electron chi connectivity index (χ0n) is 7.85. The van der Waals surface area contributed by atoms with E-state index in [2.05, 4.69) is 26.8 Å². The van der Waals surface area contributed by atoms with E-state index in [0.717, 1.165) is 11.8 Å². The van der Waals surface area contributed by atoms with Crippen LogP contribution in [-0.2, 0) is 0 Å². The Morgan fingerprint density at radius 1 is 1.64 bits per heavy atom. The summed E-state index contributed by atoms with van der Waals surface area (Å²) >= 11 is 0. The molecule has 0 aromatic carbocycles. The van der Waals surface area contributed by atoms with Crippen LogP contribution in [-0.4, -0.2) is 0 Å². The van der Waals surface area contributed by atoms with Crippen LogP contribution < -0.4 is 0 Å². The summed E-state index contributed by atoms with van der Waals surface area (Å²) in [6.45, 7) is 7.13. The van der Waals surface area contributed by atoms with Gasteiger partial charge >= 0.3 is 0 Å². The third-order valence-electron chi connectivity index (χ3n) is 4.28. The van der Waals surface area contributed by atoms with E-state index in [1.807, 2.05) is 0 Å². The lowest BCUT2D eigenvalue weighted by atomic mass is 9.47. The summed E-state index contributed by atoms with van der Waals surface area (Å²) in [4.78, 5) is 0. The third-order valence-corrected chi connectivity index (χ3v) is 4.28. The molecular weight excluding hydrogens is 132 g/mol. The van der Waals surface area contributed by atoms with Gasteiger partial charge < -0.3 is 0 Å². The van der Waals surface area contributed by atoms with Crippen LogP contribution in [0.5, 0.6) is 0 Å². The van der Waals surface area contributed by atoms with Crippen LogP contribution in [0.15, 0.2) is 11.6 Å². The molecule has 0 aromatic heterocycles. The number of hydrogen-bond acceptors (Lipinski definition) is 0. The molecule has 3 aliphatic rings. The second kappa shape index (κ2) is 2.12. The average molecular weight is 150 g/mol. The molecule has 11 heavy (non-hydrogen) atoms. The fraction of sp³-hybridized carbons (Fsp3) is 0.818. The van der Waals surface area contributed by atoms with Gasteiger partial charge in [0.1, 0.15) is 0 Å². The van der Waals surface area contributed by atoms with Crippen LogP contribution in [0.4, 0.5) is 0 Å². The maximum atomic E-state index is 2.47. The Kier molecular flexibility index (Phi) is 1.42. The summed E-state index contributed by atoms with van der Waals surface area (Å²) < 4.78 is 0. The zero-order chi connectivity index (χ0) is 8.06. The van der Waals surface area contributed by atoms with Crippen molar-refractivity contribution in [1.82, 2.24) is 0 Å². The fourth-order valence-corrected chi connectivity index (χ4v) is 3.02. The van der Waals surface area contributed by atoms with Crippen LogP contribution in [0, 0.1) is 17.3 Å². The molecule has 0 aromatic rings. The van der Waals surface area contributed by atoms with Gasteiger partial charge in [0.15, 0.2) is 0 Å². The van der Waals surface area contributed by atoms with Gasteiger partial charge in [0, 0.05) is 0 Å². The van der Waals surface area contributed by atoms with Gasteiger partial charge in [0.2, 0.25) is 0 Å². The predicted octanol–water partition coefficient (Wildman–Crippen LogP) is 3.39. The van der Waals surface area contributed by atoms with Gasteiger partial charge in [0.25, 0.3) is 0 Å². The van der Waals surface area contributed by atoms with Crippen LogP contribution >= 0.6 is 0 Å². The highest BCUT2D eigenvalue weighted by molar-refractivity contribution is 5.21. The Morgan fingerprint density at radius 2 is 2.36 bits per heavy atom. The Balaban J connectivity index is 2.26. The maximum Gasteiger partial charge on any atom is -0.0146 e. The van der Waals surface area contributed by atoms with E-state index in [4.69, 9.17) is 0 Å². The topological polar surface area (TPSA) is 0 Å². The van der Waals surface area contributed by atoms with Crippen LogP contribution in [0.1, 0.15) is 40.0 Å². The van der Waals surface area contributed by atoms with Crippen molar-refractivity contribution in [2.75, 3.05) is 0 Å². The smallest absolute Gasteiger partial charge is 0.0146 e. The van der Waals surface area contributed by atoms with Crippen LogP contribution in [0.3, 0.4) is 0 Å². The summed E-state index contributed by atoms with van der Waals surface area (Å²) in [6.07, 6.45) is 6.66. The van der Waals surface area contributed by atoms with E-state index in [9.17, 15) is 0 Å². The molecule has 3 atom stereocenters. The molecule has 0 spiro atoms. The lowest BCUT2D eigenvalue weighted by Crippen LogP contribution is -2.49. The van der Waals surface area contributed by atoms with Crippen molar-refractivity contribution in [1.29, 1.82) is 0 Å². The summed E-state index contributed by atoms with van der Waals surface area (Å²) in [5.41, 5.74) is 2.34. The molecule has 1 fully saturated rings. The molecule has 0 radical (unpaired) electrons. The Morgan fingerprint density at radius 3 is 2.73 bits per heavy atom. The van der Waals surface area contributed by atoms with Gasteiger partial charge in [-0.15, -0.1) is 0 Å². The summed E-state index contributed by atoms with van der Waals surface area (Å²) in [5.74, 6) is 1.95. The predicted molar refractivity (Wildman–Crippen MR) is 48.4 cm³/mol. The van der Waals surface area contributed by atoms with Gasteiger partial charge in [-0.25, -0.2) is 0 Å². The number of hydrogen-bond donors (Lipinski definition) is 0. The highest BCUT2D eigenvalue weighted by Gasteiger charge is 2.51. The average Bonchev–Trinajstić information content (AvgIpc) is 2.02. The van der Waals surface area contributed by atoms with Crippen molar-refractivity contribution in [3.8, 4) is 0 Å². The normalized spacial score (nSPS) is 48.1. The first-order valence-corrected chi connectivity index (χ1v) is 4.85. The molecule has 0 N–H and O–H groups in total. The monoisotopic (exact) mass is 150 g/mol. The van der Waals surface area contributed by atoms with Crippen LogP contribution in [0.2, 0.25) is 0 Å². The largest absolute Gasteiger partial charge is 0.0850 e. The molecule has 0 nitrogen and oxygen atoms in total.